The Labute approximate surface area is 135 Å². The van der Waals surface area contributed by atoms with Gasteiger partial charge in [-0.2, -0.15) is 0 Å². The third-order valence-corrected chi connectivity index (χ3v) is 4.61. The molecule has 0 amide bonds. The molecule has 1 fully saturated rings. The van der Waals surface area contributed by atoms with Crippen LogP contribution in [0, 0.1) is 0 Å². The maximum Gasteiger partial charge on any atom is 0.145 e. The third-order valence-electron chi connectivity index (χ3n) is 4.03. The van der Waals surface area contributed by atoms with Crippen LogP contribution in [0.4, 0.5) is 5.82 Å². The summed E-state index contributed by atoms with van der Waals surface area (Å²) in [6.45, 7) is 2.79. The van der Waals surface area contributed by atoms with Crippen LogP contribution in [0.15, 0.2) is 30.3 Å². The van der Waals surface area contributed by atoms with Crippen molar-refractivity contribution in [2.45, 2.75) is 32.1 Å². The van der Waals surface area contributed by atoms with Crippen LogP contribution in [0.2, 0.25) is 10.0 Å². The first-order chi connectivity index (χ1) is 10.2. The van der Waals surface area contributed by atoms with E-state index in [-0.39, 0.29) is 0 Å². The monoisotopic (exact) mass is 320 g/mol. The number of nitrogens with one attached hydrogen (secondary N) is 1. The molecule has 0 bridgehead atoms. The number of aromatic nitrogens is 1. The molecule has 0 atom stereocenters. The van der Waals surface area contributed by atoms with Crippen LogP contribution in [-0.2, 0) is 0 Å². The molecule has 3 rings (SSSR count). The predicted molar refractivity (Wildman–Crippen MR) is 90.4 cm³/mol. The Morgan fingerprint density at radius 1 is 1.14 bits per heavy atom. The zero-order valence-electron chi connectivity index (χ0n) is 12.0. The molecular formula is C17H18Cl2N2. The zero-order valence-corrected chi connectivity index (χ0v) is 13.5. The summed E-state index contributed by atoms with van der Waals surface area (Å²) in [4.78, 5) is 4.57. The van der Waals surface area contributed by atoms with Crippen LogP contribution in [0.3, 0.4) is 0 Å². The predicted octanol–water partition coefficient (Wildman–Crippen LogP) is 5.75. The van der Waals surface area contributed by atoms with Crippen molar-refractivity contribution in [1.29, 1.82) is 0 Å². The first-order valence-corrected chi connectivity index (χ1v) is 8.15. The molecule has 1 saturated carbocycles. The average molecular weight is 321 g/mol. The molecule has 0 aliphatic heterocycles. The molecule has 1 aliphatic rings. The molecule has 1 aliphatic carbocycles. The van der Waals surface area contributed by atoms with E-state index < -0.39 is 0 Å². The molecule has 1 heterocycles. The first-order valence-electron chi connectivity index (χ1n) is 7.39. The number of benzene rings is 1. The van der Waals surface area contributed by atoms with Gasteiger partial charge in [0.1, 0.15) is 5.82 Å². The van der Waals surface area contributed by atoms with E-state index in [2.05, 4.69) is 34.6 Å². The van der Waals surface area contributed by atoms with E-state index in [1.807, 2.05) is 6.92 Å². The summed E-state index contributed by atoms with van der Waals surface area (Å²) in [5, 5.41) is 4.29. The molecule has 2 aromatic rings. The van der Waals surface area contributed by atoms with Gasteiger partial charge in [0.2, 0.25) is 0 Å². The maximum atomic E-state index is 6.30. The average Bonchev–Trinajstić information content (AvgIpc) is 2.41. The van der Waals surface area contributed by atoms with Gasteiger partial charge in [0.15, 0.2) is 0 Å². The van der Waals surface area contributed by atoms with Crippen molar-refractivity contribution in [3.05, 3.63) is 45.9 Å². The third kappa shape index (κ3) is 3.02. The lowest BCUT2D eigenvalue weighted by Crippen LogP contribution is -2.08. The minimum atomic E-state index is 0.552. The summed E-state index contributed by atoms with van der Waals surface area (Å²) in [6.07, 6.45) is 3.97. The van der Waals surface area contributed by atoms with Crippen LogP contribution >= 0.6 is 23.2 Å². The molecule has 1 aromatic heterocycles. The van der Waals surface area contributed by atoms with E-state index in [0.29, 0.717) is 15.9 Å². The van der Waals surface area contributed by atoms with Gasteiger partial charge in [-0.3, -0.25) is 0 Å². The van der Waals surface area contributed by atoms with E-state index in [4.69, 9.17) is 23.2 Å². The van der Waals surface area contributed by atoms with Crippen molar-refractivity contribution in [3.63, 3.8) is 0 Å². The number of nitrogens with zero attached hydrogens (tertiary/aromatic N) is 1. The van der Waals surface area contributed by atoms with Gasteiger partial charge in [0.25, 0.3) is 0 Å². The lowest BCUT2D eigenvalue weighted by atomic mass is 9.80. The molecule has 0 radical (unpaired) electrons. The number of hydrogen-bond acceptors (Lipinski definition) is 2. The van der Waals surface area contributed by atoms with Gasteiger partial charge in [-0.25, -0.2) is 4.98 Å². The van der Waals surface area contributed by atoms with Crippen molar-refractivity contribution in [1.82, 2.24) is 4.98 Å². The molecular weight excluding hydrogens is 303 g/mol. The van der Waals surface area contributed by atoms with Crippen molar-refractivity contribution < 1.29 is 0 Å². The van der Waals surface area contributed by atoms with Gasteiger partial charge < -0.3 is 5.32 Å². The summed E-state index contributed by atoms with van der Waals surface area (Å²) >= 11 is 12.5. The van der Waals surface area contributed by atoms with Crippen LogP contribution in [0.1, 0.15) is 37.7 Å². The number of rotatable bonds is 4. The second-order valence-electron chi connectivity index (χ2n) is 5.43. The van der Waals surface area contributed by atoms with Gasteiger partial charge in [0, 0.05) is 12.1 Å². The fraction of sp³-hybridized carbons (Fsp3) is 0.353. The quantitative estimate of drug-likeness (QED) is 0.775. The number of pyridine rings is 1. The number of anilines is 1. The molecule has 4 heteroatoms. The second-order valence-corrected chi connectivity index (χ2v) is 6.24. The Bertz CT molecular complexity index is 634. The largest absolute Gasteiger partial charge is 0.369 e. The van der Waals surface area contributed by atoms with Gasteiger partial charge in [0.05, 0.1) is 15.7 Å². The Morgan fingerprint density at radius 3 is 2.43 bits per heavy atom. The van der Waals surface area contributed by atoms with E-state index in [0.717, 1.165) is 23.7 Å². The highest BCUT2D eigenvalue weighted by Gasteiger charge is 2.19. The normalized spacial score (nSPS) is 14.8. The fourth-order valence-corrected chi connectivity index (χ4v) is 3.15. The minimum Gasteiger partial charge on any atom is -0.369 e. The molecule has 0 spiro atoms. The molecule has 0 saturated heterocycles. The number of hydrogen-bond donors (Lipinski definition) is 1. The summed E-state index contributed by atoms with van der Waals surface area (Å²) in [6, 6.07) is 10.3. The van der Waals surface area contributed by atoms with Crippen LogP contribution in [0.25, 0.3) is 11.3 Å². The minimum absolute atomic E-state index is 0.552. The van der Waals surface area contributed by atoms with Crippen LogP contribution in [0.5, 0.6) is 0 Å². The van der Waals surface area contributed by atoms with Crippen molar-refractivity contribution in [3.8, 4) is 11.3 Å². The zero-order chi connectivity index (χ0) is 14.8. The lowest BCUT2D eigenvalue weighted by molar-refractivity contribution is 0.420. The van der Waals surface area contributed by atoms with E-state index >= 15 is 0 Å². The standard InChI is InChI=1S/C17H18Cl2N2/c1-2-20-17-15(19)10-14(18)16(21-17)13-8-6-12(7-9-13)11-4-3-5-11/h6-11H,2-5H2,1H3,(H,20,21). The highest BCUT2D eigenvalue weighted by Crippen LogP contribution is 2.38. The molecule has 110 valence electrons. The van der Waals surface area contributed by atoms with Gasteiger partial charge in [-0.15, -0.1) is 0 Å². The van der Waals surface area contributed by atoms with Gasteiger partial charge in [-0.05, 0) is 37.3 Å². The Morgan fingerprint density at radius 2 is 1.86 bits per heavy atom. The molecule has 1 N–H and O–H groups in total. The topological polar surface area (TPSA) is 24.9 Å². The van der Waals surface area contributed by atoms with E-state index in [1.54, 1.807) is 6.07 Å². The van der Waals surface area contributed by atoms with E-state index in [1.165, 1.54) is 24.8 Å². The van der Waals surface area contributed by atoms with Crippen molar-refractivity contribution in [2.24, 2.45) is 0 Å². The SMILES string of the molecule is CCNc1nc(-c2ccc(C3CCC3)cc2)c(Cl)cc1Cl. The Hall–Kier alpha value is -1.25. The van der Waals surface area contributed by atoms with Crippen LogP contribution < -0.4 is 5.32 Å². The summed E-state index contributed by atoms with van der Waals surface area (Å²) in [7, 11) is 0. The smallest absolute Gasteiger partial charge is 0.145 e. The molecule has 21 heavy (non-hydrogen) atoms. The first kappa shape index (κ1) is 14.7. The second kappa shape index (κ2) is 6.25. The van der Waals surface area contributed by atoms with Crippen molar-refractivity contribution >= 4 is 29.0 Å². The highest BCUT2D eigenvalue weighted by atomic mass is 35.5. The molecule has 0 unspecified atom stereocenters. The van der Waals surface area contributed by atoms with Crippen molar-refractivity contribution in [2.75, 3.05) is 11.9 Å². The fourth-order valence-electron chi connectivity index (χ4n) is 2.62. The van der Waals surface area contributed by atoms with Gasteiger partial charge >= 0.3 is 0 Å². The van der Waals surface area contributed by atoms with Gasteiger partial charge in [-0.1, -0.05) is 53.9 Å². The highest BCUT2D eigenvalue weighted by molar-refractivity contribution is 6.37. The summed E-state index contributed by atoms with van der Waals surface area (Å²) in [5.74, 6) is 1.42. The lowest BCUT2D eigenvalue weighted by Gasteiger charge is -2.25. The Kier molecular flexibility index (Phi) is 4.37. The Balaban J connectivity index is 1.93. The summed E-state index contributed by atoms with van der Waals surface area (Å²) in [5.41, 5.74) is 3.22. The number of halogens is 2. The van der Waals surface area contributed by atoms with Crippen LogP contribution in [-0.4, -0.2) is 11.5 Å². The molecule has 1 aromatic carbocycles. The van der Waals surface area contributed by atoms with E-state index in [9.17, 15) is 0 Å². The summed E-state index contributed by atoms with van der Waals surface area (Å²) < 4.78 is 0. The maximum absolute atomic E-state index is 6.30. The molecule has 2 nitrogen and oxygen atoms in total.